The van der Waals surface area contributed by atoms with E-state index in [1.54, 1.807) is 0 Å². The molecule has 1 aliphatic heterocycles. The molecule has 1 fully saturated rings. The van der Waals surface area contributed by atoms with Crippen molar-refractivity contribution in [2.75, 3.05) is 25.1 Å². The fourth-order valence-electron chi connectivity index (χ4n) is 2.58. The Labute approximate surface area is 110 Å². The molecule has 0 aliphatic carbocycles. The molecule has 3 heteroatoms. The van der Waals surface area contributed by atoms with E-state index in [0.29, 0.717) is 6.10 Å². The van der Waals surface area contributed by atoms with Gasteiger partial charge in [-0.2, -0.15) is 0 Å². The molecule has 1 aromatic carbocycles. The first-order chi connectivity index (χ1) is 8.68. The predicted octanol–water partition coefficient (Wildman–Crippen LogP) is 2.71. The first-order valence-electron chi connectivity index (χ1n) is 6.85. The fourth-order valence-corrected chi connectivity index (χ4v) is 2.58. The second-order valence-electron chi connectivity index (χ2n) is 5.22. The summed E-state index contributed by atoms with van der Waals surface area (Å²) in [6, 6.07) is 8.43. The highest BCUT2D eigenvalue weighted by atomic mass is 16.5. The molecule has 0 radical (unpaired) electrons. The van der Waals surface area contributed by atoms with E-state index in [4.69, 9.17) is 10.5 Å². The van der Waals surface area contributed by atoms with Gasteiger partial charge in [0.2, 0.25) is 0 Å². The van der Waals surface area contributed by atoms with Crippen LogP contribution in [0.4, 0.5) is 5.69 Å². The van der Waals surface area contributed by atoms with Gasteiger partial charge in [0, 0.05) is 31.9 Å². The Morgan fingerprint density at radius 1 is 1.39 bits per heavy atom. The maximum absolute atomic E-state index is 6.03. The van der Waals surface area contributed by atoms with E-state index in [1.807, 2.05) is 13.0 Å². The SMILES string of the molecule is CC(N)c1ccccc1N(C)CC1CCCCO1. The quantitative estimate of drug-likeness (QED) is 0.890. The van der Waals surface area contributed by atoms with E-state index >= 15 is 0 Å². The van der Waals surface area contributed by atoms with Crippen LogP contribution in [-0.4, -0.2) is 26.3 Å². The van der Waals surface area contributed by atoms with Gasteiger partial charge in [-0.3, -0.25) is 0 Å². The Bertz CT molecular complexity index is 373. The summed E-state index contributed by atoms with van der Waals surface area (Å²) in [6.45, 7) is 3.89. The first-order valence-corrected chi connectivity index (χ1v) is 6.85. The van der Waals surface area contributed by atoms with Gasteiger partial charge in [0.15, 0.2) is 0 Å². The minimum absolute atomic E-state index is 0.0657. The van der Waals surface area contributed by atoms with Crippen LogP contribution in [0.5, 0.6) is 0 Å². The Kier molecular flexibility index (Phi) is 4.61. The summed E-state index contributed by atoms with van der Waals surface area (Å²) in [5, 5.41) is 0. The average Bonchev–Trinajstić information content (AvgIpc) is 2.40. The summed E-state index contributed by atoms with van der Waals surface area (Å²) in [5.74, 6) is 0. The average molecular weight is 248 g/mol. The van der Waals surface area contributed by atoms with Crippen molar-refractivity contribution in [1.29, 1.82) is 0 Å². The van der Waals surface area contributed by atoms with Crippen molar-refractivity contribution in [2.24, 2.45) is 5.73 Å². The second kappa shape index (κ2) is 6.21. The van der Waals surface area contributed by atoms with Crippen molar-refractivity contribution in [3.63, 3.8) is 0 Å². The van der Waals surface area contributed by atoms with E-state index in [-0.39, 0.29) is 6.04 Å². The number of benzene rings is 1. The molecule has 100 valence electrons. The van der Waals surface area contributed by atoms with Crippen LogP contribution in [0.1, 0.15) is 37.8 Å². The van der Waals surface area contributed by atoms with Gasteiger partial charge in [-0.15, -0.1) is 0 Å². The van der Waals surface area contributed by atoms with Gasteiger partial charge in [0.25, 0.3) is 0 Å². The highest BCUT2D eigenvalue weighted by Crippen LogP contribution is 2.25. The number of ether oxygens (including phenoxy) is 1. The minimum Gasteiger partial charge on any atom is -0.376 e. The number of hydrogen-bond acceptors (Lipinski definition) is 3. The molecule has 0 saturated carbocycles. The summed E-state index contributed by atoms with van der Waals surface area (Å²) in [5.41, 5.74) is 8.46. The number of rotatable bonds is 4. The minimum atomic E-state index is 0.0657. The molecular formula is C15H24N2O. The molecule has 0 bridgehead atoms. The summed E-state index contributed by atoms with van der Waals surface area (Å²) in [6.07, 6.45) is 4.03. The van der Waals surface area contributed by atoms with Gasteiger partial charge < -0.3 is 15.4 Å². The molecule has 3 nitrogen and oxygen atoms in total. The fraction of sp³-hybridized carbons (Fsp3) is 0.600. The molecule has 2 unspecified atom stereocenters. The lowest BCUT2D eigenvalue weighted by Gasteiger charge is -2.30. The zero-order valence-electron chi connectivity index (χ0n) is 11.4. The van der Waals surface area contributed by atoms with Crippen LogP contribution in [0.15, 0.2) is 24.3 Å². The lowest BCUT2D eigenvalue weighted by Crippen LogP contribution is -2.34. The zero-order chi connectivity index (χ0) is 13.0. The molecule has 18 heavy (non-hydrogen) atoms. The van der Waals surface area contributed by atoms with Gasteiger partial charge in [0.1, 0.15) is 0 Å². The molecule has 0 aromatic heterocycles. The molecule has 0 amide bonds. The molecule has 0 spiro atoms. The summed E-state index contributed by atoms with van der Waals surface area (Å²) in [7, 11) is 2.12. The zero-order valence-corrected chi connectivity index (χ0v) is 11.4. The van der Waals surface area contributed by atoms with E-state index < -0.39 is 0 Å². The normalized spacial score (nSPS) is 21.6. The second-order valence-corrected chi connectivity index (χ2v) is 5.22. The monoisotopic (exact) mass is 248 g/mol. The van der Waals surface area contributed by atoms with Crippen LogP contribution >= 0.6 is 0 Å². The lowest BCUT2D eigenvalue weighted by molar-refractivity contribution is 0.0216. The molecule has 2 atom stereocenters. The summed E-state index contributed by atoms with van der Waals surface area (Å²) < 4.78 is 5.80. The van der Waals surface area contributed by atoms with Gasteiger partial charge in [-0.1, -0.05) is 18.2 Å². The lowest BCUT2D eigenvalue weighted by atomic mass is 10.0. The molecule has 1 heterocycles. The number of anilines is 1. The third-order valence-electron chi connectivity index (χ3n) is 3.59. The molecule has 2 N–H and O–H groups in total. The third kappa shape index (κ3) is 3.24. The Morgan fingerprint density at radius 3 is 2.83 bits per heavy atom. The molecular weight excluding hydrogens is 224 g/mol. The number of likely N-dealkylation sites (N-methyl/N-ethyl adjacent to an activating group) is 1. The number of nitrogens with two attached hydrogens (primary N) is 1. The van der Waals surface area contributed by atoms with Crippen molar-refractivity contribution in [3.05, 3.63) is 29.8 Å². The maximum atomic E-state index is 6.03. The number of nitrogens with zero attached hydrogens (tertiary/aromatic N) is 1. The van der Waals surface area contributed by atoms with Gasteiger partial charge in [-0.25, -0.2) is 0 Å². The summed E-state index contributed by atoms with van der Waals surface area (Å²) >= 11 is 0. The molecule has 1 saturated heterocycles. The first kappa shape index (κ1) is 13.4. The van der Waals surface area contributed by atoms with Gasteiger partial charge in [0.05, 0.1) is 6.10 Å². The Morgan fingerprint density at radius 2 is 2.17 bits per heavy atom. The Hall–Kier alpha value is -1.06. The molecule has 1 aromatic rings. The molecule has 1 aliphatic rings. The van der Waals surface area contributed by atoms with Crippen LogP contribution in [-0.2, 0) is 4.74 Å². The maximum Gasteiger partial charge on any atom is 0.0749 e. The molecule has 2 rings (SSSR count). The predicted molar refractivity (Wildman–Crippen MR) is 75.9 cm³/mol. The van der Waals surface area contributed by atoms with Gasteiger partial charge >= 0.3 is 0 Å². The van der Waals surface area contributed by atoms with E-state index in [2.05, 4.69) is 30.1 Å². The van der Waals surface area contributed by atoms with Crippen molar-refractivity contribution >= 4 is 5.69 Å². The van der Waals surface area contributed by atoms with Crippen molar-refractivity contribution in [3.8, 4) is 0 Å². The number of hydrogen-bond donors (Lipinski definition) is 1. The van der Waals surface area contributed by atoms with Crippen LogP contribution in [0.2, 0.25) is 0 Å². The number of para-hydroxylation sites is 1. The van der Waals surface area contributed by atoms with E-state index in [0.717, 1.165) is 13.2 Å². The van der Waals surface area contributed by atoms with Crippen molar-refractivity contribution < 1.29 is 4.74 Å². The largest absolute Gasteiger partial charge is 0.376 e. The highest BCUT2D eigenvalue weighted by Gasteiger charge is 2.18. The van der Waals surface area contributed by atoms with Crippen LogP contribution in [0.3, 0.4) is 0 Å². The van der Waals surface area contributed by atoms with Gasteiger partial charge in [-0.05, 0) is 37.8 Å². The van der Waals surface area contributed by atoms with E-state index in [9.17, 15) is 0 Å². The van der Waals surface area contributed by atoms with Crippen LogP contribution < -0.4 is 10.6 Å². The third-order valence-corrected chi connectivity index (χ3v) is 3.59. The standard InChI is InChI=1S/C15H24N2O/c1-12(16)14-8-3-4-9-15(14)17(2)11-13-7-5-6-10-18-13/h3-4,8-9,12-13H,5-7,10-11,16H2,1-2H3. The van der Waals surface area contributed by atoms with Crippen LogP contribution in [0.25, 0.3) is 0 Å². The Balaban J connectivity index is 2.05. The van der Waals surface area contributed by atoms with E-state index in [1.165, 1.54) is 30.5 Å². The highest BCUT2D eigenvalue weighted by molar-refractivity contribution is 5.54. The topological polar surface area (TPSA) is 38.5 Å². The van der Waals surface area contributed by atoms with Crippen LogP contribution in [0, 0.1) is 0 Å². The summed E-state index contributed by atoms with van der Waals surface area (Å²) in [4.78, 5) is 2.27. The smallest absolute Gasteiger partial charge is 0.0749 e. The van der Waals surface area contributed by atoms with Crippen molar-refractivity contribution in [2.45, 2.75) is 38.3 Å². The van der Waals surface area contributed by atoms with Crippen molar-refractivity contribution in [1.82, 2.24) is 0 Å².